The molecule has 0 aromatic heterocycles. The maximum atomic E-state index is 12.6. The van der Waals surface area contributed by atoms with Gasteiger partial charge in [0.05, 0.1) is 30.5 Å². The number of nitrogens with zero attached hydrogens (tertiary/aromatic N) is 4. The van der Waals surface area contributed by atoms with Gasteiger partial charge < -0.3 is 30.6 Å². The van der Waals surface area contributed by atoms with Gasteiger partial charge in [-0.05, 0) is 94.1 Å². The molecule has 0 bridgehead atoms. The number of alkyl halides is 3. The van der Waals surface area contributed by atoms with E-state index in [9.17, 15) is 22.8 Å². The van der Waals surface area contributed by atoms with Gasteiger partial charge >= 0.3 is 12.5 Å². The molecule has 0 unspecified atom stereocenters. The number of carbonyl (C=O) groups is 2. The Morgan fingerprint density at radius 2 is 1.57 bits per heavy atom. The Balaban J connectivity index is 1.61. The third-order valence-electron chi connectivity index (χ3n) is 6.65. The average Bonchev–Trinajstić information content (AvgIpc) is 3.07. The first-order valence-corrected chi connectivity index (χ1v) is 17.2. The van der Waals surface area contributed by atoms with Crippen LogP contribution in [0.25, 0.3) is 0 Å². The fourth-order valence-corrected chi connectivity index (χ4v) is 4.92. The van der Waals surface area contributed by atoms with Crippen LogP contribution in [-0.4, -0.2) is 73.5 Å². The summed E-state index contributed by atoms with van der Waals surface area (Å²) in [5.41, 5.74) is 12.6. The van der Waals surface area contributed by atoms with Crippen LogP contribution < -0.4 is 31.3 Å². The zero-order chi connectivity index (χ0) is 39.0. The highest BCUT2D eigenvalue weighted by Gasteiger charge is 2.31. The molecule has 0 atom stereocenters. The first kappa shape index (κ1) is 41.8. The standard InChI is InChI=1S/C36H43F3N8O5S/c1-23-18-29(50-6)19-24(2)31(23)46-33(53-21-30(48)41-16-7-17-42-34(49)52-35(3,4)5)47-45-20-25-8-10-26(11-9-25)32(40)44-22-43-27-12-14-28(15-13-27)51-36(37,38)39/h8-15,18-20,22H,7,16-17,21H2,1-6H3,(H,41,48)(H,42,49)(H,46,47)(H2,40,43,44)/b45-20-. The van der Waals surface area contributed by atoms with Crippen molar-refractivity contribution in [3.05, 3.63) is 82.9 Å². The molecule has 0 heterocycles. The number of nitrogens with two attached hydrogens (primary N) is 1. The fraction of sp³-hybridized carbons (Fsp3) is 0.333. The van der Waals surface area contributed by atoms with Crippen LogP contribution in [0.15, 0.2) is 80.7 Å². The molecule has 0 fully saturated rings. The van der Waals surface area contributed by atoms with E-state index in [-0.39, 0.29) is 23.2 Å². The summed E-state index contributed by atoms with van der Waals surface area (Å²) in [6, 6.07) is 15.7. The van der Waals surface area contributed by atoms with Crippen LogP contribution in [0, 0.1) is 13.8 Å². The van der Waals surface area contributed by atoms with Gasteiger partial charge in [0.25, 0.3) is 0 Å². The van der Waals surface area contributed by atoms with Crippen molar-refractivity contribution >= 4 is 58.7 Å². The van der Waals surface area contributed by atoms with Gasteiger partial charge in [-0.1, -0.05) is 36.0 Å². The number of nitrogens with one attached hydrogen (secondary N) is 3. The molecule has 0 aliphatic carbocycles. The molecule has 0 saturated heterocycles. The predicted molar refractivity (Wildman–Crippen MR) is 203 cm³/mol. The summed E-state index contributed by atoms with van der Waals surface area (Å²) in [7, 11) is 1.59. The summed E-state index contributed by atoms with van der Waals surface area (Å²) >= 11 is 1.17. The number of carbonyl (C=O) groups excluding carboxylic acids is 2. The minimum atomic E-state index is -4.78. The Hall–Kier alpha value is -5.58. The number of aliphatic imine (C=N–C) groups is 3. The quantitative estimate of drug-likeness (QED) is 0.0613. The number of thioether (sulfide) groups is 1. The topological polar surface area (TPSA) is 173 Å². The van der Waals surface area contributed by atoms with Gasteiger partial charge in [-0.15, -0.1) is 13.2 Å². The van der Waals surface area contributed by atoms with Gasteiger partial charge in [0.15, 0.2) is 5.17 Å². The lowest BCUT2D eigenvalue weighted by atomic mass is 10.1. The molecular weight excluding hydrogens is 714 g/mol. The van der Waals surface area contributed by atoms with E-state index in [0.29, 0.717) is 47.4 Å². The lowest BCUT2D eigenvalue weighted by Gasteiger charge is -2.19. The van der Waals surface area contributed by atoms with Crippen molar-refractivity contribution in [1.82, 2.24) is 16.1 Å². The highest BCUT2D eigenvalue weighted by Crippen LogP contribution is 2.29. The number of benzene rings is 3. The van der Waals surface area contributed by atoms with Crippen molar-refractivity contribution < 1.29 is 37.0 Å². The number of ether oxygens (including phenoxy) is 3. The Morgan fingerprint density at radius 1 is 0.925 bits per heavy atom. The fourth-order valence-electron chi connectivity index (χ4n) is 4.28. The van der Waals surface area contributed by atoms with Gasteiger partial charge in [-0.2, -0.15) is 5.10 Å². The summed E-state index contributed by atoms with van der Waals surface area (Å²) in [5, 5.41) is 10.2. The van der Waals surface area contributed by atoms with Crippen LogP contribution in [0.3, 0.4) is 0 Å². The third kappa shape index (κ3) is 16.1. The number of aryl methyl sites for hydroxylation is 2. The van der Waals surface area contributed by atoms with Crippen LogP contribution in [0.1, 0.15) is 49.4 Å². The van der Waals surface area contributed by atoms with Gasteiger partial charge in [-0.25, -0.2) is 19.8 Å². The molecule has 0 aliphatic rings. The second-order valence-corrected chi connectivity index (χ2v) is 13.2. The minimum Gasteiger partial charge on any atom is -0.497 e. The second-order valence-electron chi connectivity index (χ2n) is 12.2. The average molecular weight is 757 g/mol. The lowest BCUT2D eigenvalue weighted by Crippen LogP contribution is -2.34. The Morgan fingerprint density at radius 3 is 2.17 bits per heavy atom. The third-order valence-corrected chi connectivity index (χ3v) is 7.51. The number of hydrogen-bond acceptors (Lipinski definition) is 9. The molecule has 0 saturated carbocycles. The Labute approximate surface area is 310 Å². The SMILES string of the molecule is COc1cc(C)c(N=C(N/N=C\c2ccc(C(N)=NC=Nc3ccc(OC(F)(F)F)cc3)cc2)SCC(=O)NCCCNC(=O)OC(C)(C)C)c(C)c1. The van der Waals surface area contributed by atoms with Crippen molar-refractivity contribution in [2.45, 2.75) is 53.0 Å². The van der Waals surface area contributed by atoms with Crippen molar-refractivity contribution in [3.8, 4) is 11.5 Å². The number of amides is 2. The maximum Gasteiger partial charge on any atom is 0.573 e. The second kappa shape index (κ2) is 19.9. The molecule has 0 aliphatic heterocycles. The van der Waals surface area contributed by atoms with Crippen molar-refractivity contribution in [1.29, 1.82) is 0 Å². The highest BCUT2D eigenvalue weighted by atomic mass is 32.2. The number of rotatable bonds is 14. The number of methoxy groups -OCH3 is 1. The van der Waals surface area contributed by atoms with E-state index in [0.717, 1.165) is 28.8 Å². The largest absolute Gasteiger partial charge is 0.573 e. The molecule has 3 aromatic rings. The number of halogens is 3. The van der Waals surface area contributed by atoms with Crippen LogP contribution in [0.4, 0.5) is 29.3 Å². The summed E-state index contributed by atoms with van der Waals surface area (Å²) in [4.78, 5) is 37.4. The first-order chi connectivity index (χ1) is 25.0. The minimum absolute atomic E-state index is 0.0590. The van der Waals surface area contributed by atoms with E-state index >= 15 is 0 Å². The van der Waals surface area contributed by atoms with Crippen LogP contribution in [-0.2, 0) is 9.53 Å². The molecule has 0 spiro atoms. The van der Waals surface area contributed by atoms with Gasteiger partial charge in [0.2, 0.25) is 5.91 Å². The number of amidine groups is 2. The molecule has 53 heavy (non-hydrogen) atoms. The van der Waals surface area contributed by atoms with Gasteiger partial charge in [0, 0.05) is 18.7 Å². The van der Waals surface area contributed by atoms with Crippen LogP contribution in [0.5, 0.6) is 11.5 Å². The van der Waals surface area contributed by atoms with E-state index in [1.165, 1.54) is 30.2 Å². The van der Waals surface area contributed by atoms with E-state index < -0.39 is 18.1 Å². The normalized spacial score (nSPS) is 12.5. The van der Waals surface area contributed by atoms with Crippen LogP contribution in [0.2, 0.25) is 0 Å². The summed E-state index contributed by atoms with van der Waals surface area (Å²) in [6.45, 7) is 9.88. The van der Waals surface area contributed by atoms with Gasteiger partial charge in [-0.3, -0.25) is 10.2 Å². The van der Waals surface area contributed by atoms with Crippen LogP contribution >= 0.6 is 11.8 Å². The molecule has 13 nitrogen and oxygen atoms in total. The van der Waals surface area contributed by atoms with Crippen molar-refractivity contribution in [2.24, 2.45) is 25.8 Å². The van der Waals surface area contributed by atoms with Gasteiger partial charge in [0.1, 0.15) is 29.3 Å². The summed E-state index contributed by atoms with van der Waals surface area (Å²) < 4.78 is 51.5. The predicted octanol–water partition coefficient (Wildman–Crippen LogP) is 6.65. The Kier molecular flexibility index (Phi) is 15.7. The zero-order valence-electron chi connectivity index (χ0n) is 30.2. The van der Waals surface area contributed by atoms with E-state index in [1.54, 1.807) is 58.4 Å². The summed E-state index contributed by atoms with van der Waals surface area (Å²) in [5.74, 6) is 0.353. The molecule has 284 valence electrons. The molecule has 0 radical (unpaired) electrons. The first-order valence-electron chi connectivity index (χ1n) is 16.2. The summed E-state index contributed by atoms with van der Waals surface area (Å²) in [6.07, 6.45) is -1.99. The number of alkyl carbamates (subject to hydrolysis) is 1. The maximum absolute atomic E-state index is 12.6. The smallest absolute Gasteiger partial charge is 0.497 e. The molecule has 17 heteroatoms. The molecular formula is C36H43F3N8O5S. The molecule has 5 N–H and O–H groups in total. The molecule has 3 rings (SSSR count). The van der Waals surface area contributed by atoms with E-state index in [2.05, 4.69) is 35.9 Å². The lowest BCUT2D eigenvalue weighted by molar-refractivity contribution is -0.274. The van der Waals surface area contributed by atoms with E-state index in [1.807, 2.05) is 26.0 Å². The highest BCUT2D eigenvalue weighted by molar-refractivity contribution is 8.14. The van der Waals surface area contributed by atoms with Crippen molar-refractivity contribution in [3.63, 3.8) is 0 Å². The Bertz CT molecular complexity index is 1780. The number of hydrazone groups is 1. The number of hydrogen-bond donors (Lipinski definition) is 4. The van der Waals surface area contributed by atoms with Crippen molar-refractivity contribution in [2.75, 3.05) is 26.0 Å². The monoisotopic (exact) mass is 756 g/mol. The molecule has 2 amide bonds. The van der Waals surface area contributed by atoms with E-state index in [4.69, 9.17) is 20.2 Å². The molecule has 3 aromatic carbocycles. The zero-order valence-corrected chi connectivity index (χ0v) is 31.0.